The van der Waals surface area contributed by atoms with Crippen molar-refractivity contribution in [1.82, 2.24) is 20.0 Å². The number of fused-ring (bicyclic) bond motifs is 1. The van der Waals surface area contributed by atoms with Crippen molar-refractivity contribution in [3.05, 3.63) is 47.9 Å². The first-order valence-corrected chi connectivity index (χ1v) is 9.99. The molecule has 1 fully saturated rings. The van der Waals surface area contributed by atoms with Gasteiger partial charge in [0.05, 0.1) is 0 Å². The summed E-state index contributed by atoms with van der Waals surface area (Å²) in [6.07, 6.45) is 13.6. The third-order valence-electron chi connectivity index (χ3n) is 5.34. The molecule has 142 valence electrons. The van der Waals surface area contributed by atoms with E-state index in [1.165, 1.54) is 13.0 Å². The van der Waals surface area contributed by atoms with E-state index in [4.69, 9.17) is 0 Å². The summed E-state index contributed by atoms with van der Waals surface area (Å²) in [7, 11) is 0. The fraction of sp³-hybridized carbons (Fsp3) is 0.571. The number of nitrogens with one attached hydrogen (secondary N) is 1. The average Bonchev–Trinajstić information content (AvgIpc) is 2.84. The zero-order valence-corrected chi connectivity index (χ0v) is 16.2. The van der Waals surface area contributed by atoms with Crippen LogP contribution >= 0.6 is 0 Å². The minimum absolute atomic E-state index is 0.130. The number of hydrogen-bond acceptors (Lipinski definition) is 4. The predicted octanol–water partition coefficient (Wildman–Crippen LogP) is 1.98. The van der Waals surface area contributed by atoms with Crippen molar-refractivity contribution < 1.29 is 4.79 Å². The first-order valence-electron chi connectivity index (χ1n) is 9.99. The molecule has 0 saturated carbocycles. The minimum Gasteiger partial charge on any atom is -0.352 e. The molecule has 1 aliphatic carbocycles. The lowest BCUT2D eigenvalue weighted by molar-refractivity contribution is -0.129. The Bertz CT molecular complexity index is 612. The van der Waals surface area contributed by atoms with E-state index in [2.05, 4.69) is 41.1 Å². The summed E-state index contributed by atoms with van der Waals surface area (Å²) in [5.74, 6) is 0.338. The Morgan fingerprint density at radius 1 is 1.15 bits per heavy atom. The summed E-state index contributed by atoms with van der Waals surface area (Å²) < 4.78 is 0. The van der Waals surface area contributed by atoms with Gasteiger partial charge in [0.1, 0.15) is 5.70 Å². The van der Waals surface area contributed by atoms with Gasteiger partial charge in [0.25, 0.3) is 5.91 Å². The molecule has 0 radical (unpaired) electrons. The maximum atomic E-state index is 12.9. The van der Waals surface area contributed by atoms with Gasteiger partial charge in [0, 0.05) is 50.9 Å². The van der Waals surface area contributed by atoms with Crippen LogP contribution in [0.25, 0.3) is 0 Å². The van der Waals surface area contributed by atoms with E-state index >= 15 is 0 Å². The summed E-state index contributed by atoms with van der Waals surface area (Å²) in [5.41, 5.74) is 1.73. The van der Waals surface area contributed by atoms with Crippen molar-refractivity contribution >= 4 is 5.91 Å². The number of allylic oxidation sites excluding steroid dienone is 6. The number of piperazine rings is 1. The fourth-order valence-corrected chi connectivity index (χ4v) is 3.74. The Morgan fingerprint density at radius 3 is 2.69 bits per heavy atom. The summed E-state index contributed by atoms with van der Waals surface area (Å²) in [4.78, 5) is 19.9. The quantitative estimate of drug-likeness (QED) is 0.757. The summed E-state index contributed by atoms with van der Waals surface area (Å²) in [6, 6.07) is 0. The number of nitrogens with zero attached hydrogens (tertiary/aromatic N) is 3. The molecule has 0 aromatic rings. The standard InChI is InChI=1S/C21H32N4O/c1-3-9-23(4-2)10-11-24-12-14-25(15-13-24)21(26)20-17-18-7-5-6-8-19(16-18)22-20/h5-8,16-18,22H,3-4,9-15H2,1-2H3. The van der Waals surface area contributed by atoms with Gasteiger partial charge in [0.15, 0.2) is 0 Å². The average molecular weight is 357 g/mol. The molecule has 1 atom stereocenters. The molecule has 2 aliphatic heterocycles. The SMILES string of the molecule is CCCN(CC)CCN1CCN(C(=O)C2=CC3C=CC=CC(=C3)N2)CC1. The first-order chi connectivity index (χ1) is 12.7. The van der Waals surface area contributed by atoms with Crippen molar-refractivity contribution in [3.63, 3.8) is 0 Å². The Balaban J connectivity index is 1.47. The molecule has 1 amide bonds. The molecular weight excluding hydrogens is 324 g/mol. The molecule has 3 aliphatic rings. The van der Waals surface area contributed by atoms with E-state index in [-0.39, 0.29) is 11.8 Å². The number of carbonyl (C=O) groups is 1. The Hall–Kier alpha value is -1.85. The molecule has 3 rings (SSSR count). The summed E-state index contributed by atoms with van der Waals surface area (Å²) in [6.45, 7) is 12.5. The van der Waals surface area contributed by atoms with Crippen molar-refractivity contribution in [2.45, 2.75) is 20.3 Å². The molecule has 26 heavy (non-hydrogen) atoms. The second-order valence-electron chi connectivity index (χ2n) is 7.22. The highest BCUT2D eigenvalue weighted by Gasteiger charge is 2.26. The normalized spacial score (nSPS) is 22.7. The van der Waals surface area contributed by atoms with Crippen LogP contribution in [0.5, 0.6) is 0 Å². The molecule has 0 aromatic carbocycles. The van der Waals surface area contributed by atoms with Crippen molar-refractivity contribution in [1.29, 1.82) is 0 Å². The number of amides is 1. The van der Waals surface area contributed by atoms with Crippen molar-refractivity contribution in [2.24, 2.45) is 5.92 Å². The topological polar surface area (TPSA) is 38.8 Å². The number of carbonyl (C=O) groups excluding carboxylic acids is 1. The van der Waals surface area contributed by atoms with E-state index in [0.717, 1.165) is 57.2 Å². The molecular formula is C21H32N4O. The lowest BCUT2D eigenvalue weighted by Crippen LogP contribution is -2.51. The van der Waals surface area contributed by atoms with Crippen molar-refractivity contribution in [2.75, 3.05) is 52.4 Å². The molecule has 5 heteroatoms. The molecule has 0 aromatic heterocycles. The zero-order chi connectivity index (χ0) is 18.4. The van der Waals surface area contributed by atoms with Crippen LogP contribution in [0.3, 0.4) is 0 Å². The second-order valence-corrected chi connectivity index (χ2v) is 7.22. The lowest BCUT2D eigenvalue weighted by Gasteiger charge is -2.36. The molecule has 0 spiro atoms. The van der Waals surface area contributed by atoms with Gasteiger partial charge in [0.2, 0.25) is 0 Å². The second kappa shape index (κ2) is 9.19. The highest BCUT2D eigenvalue weighted by Crippen LogP contribution is 2.20. The smallest absolute Gasteiger partial charge is 0.270 e. The summed E-state index contributed by atoms with van der Waals surface area (Å²) in [5, 5.41) is 3.28. The largest absolute Gasteiger partial charge is 0.352 e. The predicted molar refractivity (Wildman–Crippen MR) is 106 cm³/mol. The van der Waals surface area contributed by atoms with Gasteiger partial charge in [-0.25, -0.2) is 0 Å². The van der Waals surface area contributed by atoms with Crippen LogP contribution in [0, 0.1) is 5.92 Å². The molecule has 1 saturated heterocycles. The molecule has 2 heterocycles. The minimum atomic E-state index is 0.130. The highest BCUT2D eigenvalue weighted by molar-refractivity contribution is 5.93. The molecule has 1 N–H and O–H groups in total. The Labute approximate surface area is 157 Å². The van der Waals surface area contributed by atoms with Gasteiger partial charge >= 0.3 is 0 Å². The van der Waals surface area contributed by atoms with Crippen LogP contribution in [0.4, 0.5) is 0 Å². The van der Waals surface area contributed by atoms with E-state index in [1.54, 1.807) is 0 Å². The Morgan fingerprint density at radius 2 is 1.96 bits per heavy atom. The van der Waals surface area contributed by atoms with Gasteiger partial charge in [-0.05, 0) is 31.7 Å². The van der Waals surface area contributed by atoms with Crippen LogP contribution in [0.1, 0.15) is 20.3 Å². The van der Waals surface area contributed by atoms with E-state index in [1.807, 2.05) is 29.2 Å². The van der Waals surface area contributed by atoms with Gasteiger partial charge in [-0.2, -0.15) is 0 Å². The number of dihydropyridines is 1. The molecule has 5 nitrogen and oxygen atoms in total. The third kappa shape index (κ3) is 4.86. The van der Waals surface area contributed by atoms with Gasteiger partial charge in [-0.1, -0.05) is 38.2 Å². The Kier molecular flexibility index (Phi) is 6.69. The van der Waals surface area contributed by atoms with Crippen LogP contribution < -0.4 is 5.32 Å². The maximum Gasteiger partial charge on any atom is 0.270 e. The number of likely N-dealkylation sites (N-methyl/N-ethyl adjacent to an activating group) is 1. The summed E-state index contributed by atoms with van der Waals surface area (Å²) >= 11 is 0. The third-order valence-corrected chi connectivity index (χ3v) is 5.34. The van der Waals surface area contributed by atoms with Crippen molar-refractivity contribution in [3.8, 4) is 0 Å². The maximum absolute atomic E-state index is 12.9. The highest BCUT2D eigenvalue weighted by atomic mass is 16.2. The zero-order valence-electron chi connectivity index (χ0n) is 16.2. The molecule has 1 unspecified atom stereocenters. The van der Waals surface area contributed by atoms with E-state index < -0.39 is 0 Å². The molecule has 2 bridgehead atoms. The van der Waals surface area contributed by atoms with Gasteiger partial charge < -0.3 is 15.1 Å². The first kappa shape index (κ1) is 18.9. The monoisotopic (exact) mass is 356 g/mol. The van der Waals surface area contributed by atoms with Crippen LogP contribution in [0.15, 0.2) is 47.9 Å². The van der Waals surface area contributed by atoms with Crippen LogP contribution in [0.2, 0.25) is 0 Å². The van der Waals surface area contributed by atoms with Gasteiger partial charge in [-0.15, -0.1) is 0 Å². The number of rotatable bonds is 7. The van der Waals surface area contributed by atoms with Crippen LogP contribution in [-0.4, -0.2) is 73.0 Å². The fourth-order valence-electron chi connectivity index (χ4n) is 3.74. The van der Waals surface area contributed by atoms with E-state index in [9.17, 15) is 4.79 Å². The van der Waals surface area contributed by atoms with Gasteiger partial charge in [-0.3, -0.25) is 9.69 Å². The lowest BCUT2D eigenvalue weighted by atomic mass is 10.0. The number of hydrogen-bond donors (Lipinski definition) is 1. The van der Waals surface area contributed by atoms with E-state index in [0.29, 0.717) is 0 Å². The van der Waals surface area contributed by atoms with Crippen LogP contribution in [-0.2, 0) is 4.79 Å².